The molecular weight excluding hydrogens is 236 g/mol. The van der Waals surface area contributed by atoms with E-state index in [2.05, 4.69) is 40.4 Å². The summed E-state index contributed by atoms with van der Waals surface area (Å²) in [7, 11) is 2.02. The third kappa shape index (κ3) is 2.51. The van der Waals surface area contributed by atoms with Gasteiger partial charge >= 0.3 is 0 Å². The lowest BCUT2D eigenvalue weighted by molar-refractivity contribution is 0.244. The van der Waals surface area contributed by atoms with E-state index in [1.807, 2.05) is 11.7 Å². The Hall–Kier alpha value is -1.39. The average molecular weight is 258 g/mol. The molecule has 4 nitrogen and oxygen atoms in total. The van der Waals surface area contributed by atoms with Crippen molar-refractivity contribution in [1.82, 2.24) is 20.0 Å². The molecule has 1 aliphatic rings. The van der Waals surface area contributed by atoms with Crippen molar-refractivity contribution < 1.29 is 0 Å². The predicted molar refractivity (Wildman–Crippen MR) is 78.5 cm³/mol. The first kappa shape index (κ1) is 12.6. The van der Waals surface area contributed by atoms with E-state index in [1.165, 1.54) is 29.6 Å². The minimum atomic E-state index is 1.11. The number of hydrogen-bond acceptors (Lipinski definition) is 3. The zero-order valence-electron chi connectivity index (χ0n) is 11.8. The Bertz CT molecular complexity index is 567. The van der Waals surface area contributed by atoms with E-state index >= 15 is 0 Å². The van der Waals surface area contributed by atoms with Gasteiger partial charge in [0.25, 0.3) is 0 Å². The molecule has 1 aromatic heterocycles. The summed E-state index contributed by atoms with van der Waals surface area (Å²) in [5.41, 5.74) is 3.82. The highest BCUT2D eigenvalue weighted by Crippen LogP contribution is 2.22. The number of benzene rings is 1. The van der Waals surface area contributed by atoms with E-state index < -0.39 is 0 Å². The molecule has 0 saturated carbocycles. The first-order valence-corrected chi connectivity index (χ1v) is 7.10. The summed E-state index contributed by atoms with van der Waals surface area (Å²) < 4.78 is 1.99. The van der Waals surface area contributed by atoms with Gasteiger partial charge in [0.15, 0.2) is 0 Å². The average Bonchev–Trinajstić information content (AvgIpc) is 2.74. The molecule has 0 amide bonds. The lowest BCUT2D eigenvalue weighted by atomic mass is 10.0. The first-order chi connectivity index (χ1) is 9.25. The summed E-state index contributed by atoms with van der Waals surface area (Å²) >= 11 is 0. The Kier molecular flexibility index (Phi) is 3.53. The fourth-order valence-electron chi connectivity index (χ4n) is 3.02. The van der Waals surface area contributed by atoms with Crippen LogP contribution in [0.4, 0.5) is 0 Å². The van der Waals surface area contributed by atoms with E-state index in [0.717, 1.165) is 31.7 Å². The first-order valence-electron chi connectivity index (χ1n) is 7.10. The van der Waals surface area contributed by atoms with Gasteiger partial charge in [-0.25, -0.2) is 0 Å². The number of aryl methyl sites for hydroxylation is 2. The molecule has 2 aromatic rings. The topological polar surface area (TPSA) is 33.1 Å². The van der Waals surface area contributed by atoms with Crippen LogP contribution in [0, 0.1) is 6.92 Å². The van der Waals surface area contributed by atoms with Crippen molar-refractivity contribution in [3.8, 4) is 0 Å². The number of piperazine rings is 1. The molecule has 0 aliphatic carbocycles. The fraction of sp³-hybridized carbons (Fsp3) is 0.533. The van der Waals surface area contributed by atoms with Crippen LogP contribution in [0.2, 0.25) is 0 Å². The minimum Gasteiger partial charge on any atom is -0.314 e. The van der Waals surface area contributed by atoms with Crippen LogP contribution in [0.15, 0.2) is 18.2 Å². The normalized spacial score (nSPS) is 17.2. The Morgan fingerprint density at radius 1 is 1.26 bits per heavy atom. The molecule has 102 valence electrons. The molecule has 19 heavy (non-hydrogen) atoms. The van der Waals surface area contributed by atoms with Gasteiger partial charge in [-0.05, 0) is 25.0 Å². The molecule has 0 unspecified atom stereocenters. The largest absolute Gasteiger partial charge is 0.314 e. The van der Waals surface area contributed by atoms with Crippen LogP contribution < -0.4 is 5.32 Å². The molecule has 1 aromatic carbocycles. The van der Waals surface area contributed by atoms with Gasteiger partial charge in [-0.3, -0.25) is 4.68 Å². The molecule has 0 atom stereocenters. The highest BCUT2D eigenvalue weighted by molar-refractivity contribution is 5.85. The van der Waals surface area contributed by atoms with Gasteiger partial charge < -0.3 is 10.2 Å². The molecule has 1 fully saturated rings. The summed E-state index contributed by atoms with van der Waals surface area (Å²) in [5.74, 6) is 0. The Balaban J connectivity index is 1.80. The summed E-state index contributed by atoms with van der Waals surface area (Å²) in [6.45, 7) is 7.84. The second-order valence-corrected chi connectivity index (χ2v) is 5.36. The van der Waals surface area contributed by atoms with Gasteiger partial charge in [-0.15, -0.1) is 0 Å². The molecule has 2 heterocycles. The quantitative estimate of drug-likeness (QED) is 0.901. The van der Waals surface area contributed by atoms with Crippen LogP contribution in [0.1, 0.15) is 11.3 Å². The van der Waals surface area contributed by atoms with E-state index in [9.17, 15) is 0 Å². The van der Waals surface area contributed by atoms with E-state index in [1.54, 1.807) is 0 Å². The van der Waals surface area contributed by atoms with Crippen LogP contribution in [0.3, 0.4) is 0 Å². The van der Waals surface area contributed by atoms with Gasteiger partial charge in [0.2, 0.25) is 0 Å². The summed E-state index contributed by atoms with van der Waals surface area (Å²) in [6.07, 6.45) is 1.11. The maximum absolute atomic E-state index is 4.54. The highest BCUT2D eigenvalue weighted by Gasteiger charge is 2.12. The second kappa shape index (κ2) is 5.31. The SMILES string of the molecule is Cc1nn(C)c2cccc(CCN3CCNCC3)c12. The van der Waals surface area contributed by atoms with Crippen molar-refractivity contribution in [2.45, 2.75) is 13.3 Å². The predicted octanol–water partition coefficient (Wildman–Crippen LogP) is 1.33. The third-order valence-electron chi connectivity index (χ3n) is 4.05. The minimum absolute atomic E-state index is 1.11. The number of rotatable bonds is 3. The van der Waals surface area contributed by atoms with Crippen molar-refractivity contribution in [1.29, 1.82) is 0 Å². The van der Waals surface area contributed by atoms with Gasteiger partial charge in [0.05, 0.1) is 11.2 Å². The number of nitrogens with zero attached hydrogens (tertiary/aromatic N) is 3. The molecule has 1 saturated heterocycles. The van der Waals surface area contributed by atoms with Crippen molar-refractivity contribution in [2.75, 3.05) is 32.7 Å². The zero-order chi connectivity index (χ0) is 13.2. The van der Waals surface area contributed by atoms with Gasteiger partial charge in [0.1, 0.15) is 0 Å². The van der Waals surface area contributed by atoms with Gasteiger partial charge in [0, 0.05) is 45.2 Å². The second-order valence-electron chi connectivity index (χ2n) is 5.36. The van der Waals surface area contributed by atoms with Crippen LogP contribution in [-0.4, -0.2) is 47.4 Å². The number of aromatic nitrogens is 2. The lowest BCUT2D eigenvalue weighted by Gasteiger charge is -2.27. The Morgan fingerprint density at radius 2 is 2.05 bits per heavy atom. The number of hydrogen-bond donors (Lipinski definition) is 1. The summed E-state index contributed by atoms with van der Waals surface area (Å²) in [6, 6.07) is 6.55. The van der Waals surface area contributed by atoms with Crippen LogP contribution in [0.5, 0.6) is 0 Å². The zero-order valence-corrected chi connectivity index (χ0v) is 11.8. The molecular formula is C15H22N4. The van der Waals surface area contributed by atoms with Crippen LogP contribution >= 0.6 is 0 Å². The van der Waals surface area contributed by atoms with E-state index in [-0.39, 0.29) is 0 Å². The molecule has 0 spiro atoms. The number of nitrogens with one attached hydrogen (secondary N) is 1. The standard InChI is InChI=1S/C15H22N4/c1-12-15-13(4-3-5-14(15)18(2)17-12)6-9-19-10-7-16-8-11-19/h3-5,16H,6-11H2,1-2H3. The Morgan fingerprint density at radius 3 is 2.84 bits per heavy atom. The highest BCUT2D eigenvalue weighted by atomic mass is 15.3. The van der Waals surface area contributed by atoms with Crippen molar-refractivity contribution in [2.24, 2.45) is 7.05 Å². The smallest absolute Gasteiger partial charge is 0.0684 e. The molecule has 1 aliphatic heterocycles. The summed E-state index contributed by atoms with van der Waals surface area (Å²) in [5, 5.41) is 9.29. The maximum atomic E-state index is 4.54. The van der Waals surface area contributed by atoms with Crippen molar-refractivity contribution in [3.05, 3.63) is 29.5 Å². The molecule has 0 bridgehead atoms. The van der Waals surface area contributed by atoms with Gasteiger partial charge in [-0.1, -0.05) is 12.1 Å². The fourth-order valence-corrected chi connectivity index (χ4v) is 3.02. The van der Waals surface area contributed by atoms with Crippen LogP contribution in [0.25, 0.3) is 10.9 Å². The molecule has 4 heteroatoms. The molecule has 1 N–H and O–H groups in total. The molecule has 3 rings (SSSR count). The lowest BCUT2D eigenvalue weighted by Crippen LogP contribution is -2.44. The maximum Gasteiger partial charge on any atom is 0.0684 e. The van der Waals surface area contributed by atoms with E-state index in [4.69, 9.17) is 0 Å². The third-order valence-corrected chi connectivity index (χ3v) is 4.05. The Labute approximate surface area is 114 Å². The molecule has 0 radical (unpaired) electrons. The van der Waals surface area contributed by atoms with Gasteiger partial charge in [-0.2, -0.15) is 5.10 Å². The van der Waals surface area contributed by atoms with Crippen LogP contribution in [-0.2, 0) is 13.5 Å². The van der Waals surface area contributed by atoms with Crippen molar-refractivity contribution in [3.63, 3.8) is 0 Å². The van der Waals surface area contributed by atoms with E-state index in [0.29, 0.717) is 0 Å². The number of fused-ring (bicyclic) bond motifs is 1. The summed E-state index contributed by atoms with van der Waals surface area (Å²) in [4.78, 5) is 2.54. The monoisotopic (exact) mass is 258 g/mol. The van der Waals surface area contributed by atoms with Crippen molar-refractivity contribution >= 4 is 10.9 Å².